The number of benzene rings is 2. The maximum Gasteiger partial charge on any atom is 0.328 e. The highest BCUT2D eigenvalue weighted by molar-refractivity contribution is 6.30. The molecule has 168 valence electrons. The largest absolute Gasteiger partial charge is 0.343 e. The van der Waals surface area contributed by atoms with Gasteiger partial charge in [0.05, 0.1) is 6.54 Å². The average molecular weight is 454 g/mol. The number of urea groups is 1. The smallest absolute Gasteiger partial charge is 0.328 e. The summed E-state index contributed by atoms with van der Waals surface area (Å²) in [5.41, 5.74) is 4.47. The summed E-state index contributed by atoms with van der Waals surface area (Å²) in [6.45, 7) is 6.14. The van der Waals surface area contributed by atoms with Gasteiger partial charge in [-0.2, -0.15) is 0 Å². The van der Waals surface area contributed by atoms with Gasteiger partial charge in [0.15, 0.2) is 0 Å². The number of nitrogens with one attached hydrogen (secondary N) is 1. The van der Waals surface area contributed by atoms with Crippen molar-refractivity contribution in [1.29, 1.82) is 0 Å². The molecule has 0 aromatic heterocycles. The lowest BCUT2D eigenvalue weighted by atomic mass is 10.1. The Hall–Kier alpha value is -2.61. The number of carbonyl (C=O) groups excluding carboxylic acids is 2. The number of halogens is 1. The van der Waals surface area contributed by atoms with Gasteiger partial charge < -0.3 is 9.80 Å². The van der Waals surface area contributed by atoms with Gasteiger partial charge in [0.1, 0.15) is 18.5 Å². The van der Waals surface area contributed by atoms with Gasteiger partial charge in [-0.3, -0.25) is 19.9 Å². The normalized spacial score (nSPS) is 25.9. The third-order valence-electron chi connectivity index (χ3n) is 6.92. The number of anilines is 1. The van der Waals surface area contributed by atoms with E-state index in [9.17, 15) is 9.59 Å². The molecule has 0 saturated carbocycles. The summed E-state index contributed by atoms with van der Waals surface area (Å²) in [5, 5.41) is 4.16. The fourth-order valence-corrected chi connectivity index (χ4v) is 5.26. The van der Waals surface area contributed by atoms with Crippen molar-refractivity contribution in [3.05, 3.63) is 64.2 Å². The summed E-state index contributed by atoms with van der Waals surface area (Å²) >= 11 is 6.12. The van der Waals surface area contributed by atoms with E-state index in [-0.39, 0.29) is 30.9 Å². The first-order valence-corrected chi connectivity index (χ1v) is 11.4. The van der Waals surface area contributed by atoms with Crippen molar-refractivity contribution in [3.8, 4) is 0 Å². The molecule has 0 spiro atoms. The Labute approximate surface area is 193 Å². The van der Waals surface area contributed by atoms with Gasteiger partial charge in [-0.1, -0.05) is 29.8 Å². The summed E-state index contributed by atoms with van der Waals surface area (Å²) in [6.07, 6.45) is 0.460. The minimum absolute atomic E-state index is 0.133. The van der Waals surface area contributed by atoms with Crippen LogP contribution in [0, 0.1) is 13.8 Å². The van der Waals surface area contributed by atoms with Crippen LogP contribution in [-0.2, 0) is 11.3 Å². The van der Waals surface area contributed by atoms with E-state index in [4.69, 9.17) is 11.6 Å². The maximum atomic E-state index is 13.6. The van der Waals surface area contributed by atoms with Crippen molar-refractivity contribution < 1.29 is 9.59 Å². The van der Waals surface area contributed by atoms with Crippen molar-refractivity contribution >= 4 is 29.2 Å². The van der Waals surface area contributed by atoms with E-state index in [2.05, 4.69) is 47.2 Å². The molecule has 0 aliphatic carbocycles. The zero-order valence-corrected chi connectivity index (χ0v) is 19.3. The molecule has 5 rings (SSSR count). The molecule has 2 aromatic rings. The Morgan fingerprint density at radius 1 is 1.06 bits per heavy atom. The SMILES string of the molecule is Cc1ccc(N2CCCN3C4C(=O)N(Cc5cccc(Cl)c5)C(=O)N(C)C4NC23)cc1C. The van der Waals surface area contributed by atoms with E-state index in [1.54, 1.807) is 24.1 Å². The van der Waals surface area contributed by atoms with Crippen LogP contribution in [-0.4, -0.2) is 65.3 Å². The number of carbonyl (C=O) groups is 2. The first-order valence-electron chi connectivity index (χ1n) is 11.0. The molecular formula is C24H28ClN5O2. The molecule has 8 heteroatoms. The van der Waals surface area contributed by atoms with Gasteiger partial charge >= 0.3 is 6.03 Å². The third-order valence-corrected chi connectivity index (χ3v) is 7.16. The van der Waals surface area contributed by atoms with Crippen molar-refractivity contribution in [2.45, 2.75) is 45.3 Å². The van der Waals surface area contributed by atoms with Gasteiger partial charge in [-0.25, -0.2) is 4.79 Å². The highest BCUT2D eigenvalue weighted by Gasteiger charge is 2.56. The maximum absolute atomic E-state index is 13.6. The number of fused-ring (bicyclic) bond motifs is 3. The predicted octanol–water partition coefficient (Wildman–Crippen LogP) is 3.14. The number of aryl methyl sites for hydroxylation is 2. The second-order valence-corrected chi connectivity index (χ2v) is 9.37. The number of amides is 3. The number of hydrogen-bond donors (Lipinski definition) is 1. The molecule has 3 aliphatic heterocycles. The van der Waals surface area contributed by atoms with E-state index in [1.807, 2.05) is 12.1 Å². The average Bonchev–Trinajstić information content (AvgIpc) is 3.17. The van der Waals surface area contributed by atoms with Crippen LogP contribution in [0.1, 0.15) is 23.1 Å². The molecule has 0 bridgehead atoms. The fourth-order valence-electron chi connectivity index (χ4n) is 5.05. The monoisotopic (exact) mass is 453 g/mol. The van der Waals surface area contributed by atoms with Gasteiger partial charge in [0, 0.05) is 30.8 Å². The third kappa shape index (κ3) is 3.45. The Balaban J connectivity index is 1.44. The highest BCUT2D eigenvalue weighted by atomic mass is 35.5. The van der Waals surface area contributed by atoms with E-state index >= 15 is 0 Å². The summed E-state index contributed by atoms with van der Waals surface area (Å²) in [7, 11) is 1.77. The summed E-state index contributed by atoms with van der Waals surface area (Å²) < 4.78 is 0. The van der Waals surface area contributed by atoms with Crippen LogP contribution in [0.4, 0.5) is 10.5 Å². The topological polar surface area (TPSA) is 59.1 Å². The molecule has 0 radical (unpaired) electrons. The first kappa shape index (κ1) is 21.2. The molecule has 1 N–H and O–H groups in total. The van der Waals surface area contributed by atoms with E-state index in [0.717, 1.165) is 30.8 Å². The number of hydrogen-bond acceptors (Lipinski definition) is 5. The zero-order valence-electron chi connectivity index (χ0n) is 18.6. The fraction of sp³-hybridized carbons (Fsp3) is 0.417. The number of likely N-dealkylation sites (N-methyl/N-ethyl adjacent to an activating group) is 1. The summed E-state index contributed by atoms with van der Waals surface area (Å²) in [6, 6.07) is 13.1. The quantitative estimate of drug-likeness (QED) is 0.773. The highest BCUT2D eigenvalue weighted by Crippen LogP contribution is 2.34. The Bertz CT molecular complexity index is 1080. The van der Waals surface area contributed by atoms with E-state index < -0.39 is 6.04 Å². The molecule has 7 nitrogen and oxygen atoms in total. The number of imide groups is 1. The molecule has 3 heterocycles. The van der Waals surface area contributed by atoms with Gasteiger partial charge in [0.25, 0.3) is 5.91 Å². The van der Waals surface area contributed by atoms with Crippen LogP contribution in [0.3, 0.4) is 0 Å². The Morgan fingerprint density at radius 2 is 1.88 bits per heavy atom. The molecule has 3 atom stereocenters. The number of nitrogens with zero attached hydrogens (tertiary/aromatic N) is 4. The second-order valence-electron chi connectivity index (χ2n) is 8.93. The van der Waals surface area contributed by atoms with Crippen LogP contribution in [0.2, 0.25) is 5.02 Å². The van der Waals surface area contributed by atoms with Gasteiger partial charge in [0.2, 0.25) is 0 Å². The van der Waals surface area contributed by atoms with Crippen molar-refractivity contribution in [2.24, 2.45) is 0 Å². The Kier molecular flexibility index (Phi) is 5.35. The minimum Gasteiger partial charge on any atom is -0.343 e. The van der Waals surface area contributed by atoms with E-state index in [0.29, 0.717) is 5.02 Å². The van der Waals surface area contributed by atoms with Crippen LogP contribution in [0.25, 0.3) is 0 Å². The molecule has 3 unspecified atom stereocenters. The van der Waals surface area contributed by atoms with Crippen molar-refractivity contribution in [2.75, 3.05) is 25.0 Å². The van der Waals surface area contributed by atoms with E-state index in [1.165, 1.54) is 16.0 Å². The standard InChI is InChI=1S/C24H28ClN5O2/c1-15-8-9-19(12-16(15)2)28-10-5-11-29-20-21(26-23(28)29)27(3)24(32)30(22(20)31)14-17-6-4-7-18(25)13-17/h4,6-9,12-13,20-21,23,26H,5,10-11,14H2,1-3H3. The van der Waals surface area contributed by atoms with Crippen LogP contribution in [0.15, 0.2) is 42.5 Å². The van der Waals surface area contributed by atoms with Crippen LogP contribution in [0.5, 0.6) is 0 Å². The molecule has 32 heavy (non-hydrogen) atoms. The molecular weight excluding hydrogens is 426 g/mol. The lowest BCUT2D eigenvalue weighted by Crippen LogP contribution is -2.66. The summed E-state index contributed by atoms with van der Waals surface area (Å²) in [4.78, 5) is 34.3. The van der Waals surface area contributed by atoms with Crippen LogP contribution >= 0.6 is 11.6 Å². The molecule has 2 aromatic carbocycles. The van der Waals surface area contributed by atoms with Crippen molar-refractivity contribution in [3.63, 3.8) is 0 Å². The zero-order chi connectivity index (χ0) is 22.6. The minimum atomic E-state index is -0.420. The first-order chi connectivity index (χ1) is 15.3. The Morgan fingerprint density at radius 3 is 2.62 bits per heavy atom. The lowest BCUT2D eigenvalue weighted by Gasteiger charge is -2.44. The van der Waals surface area contributed by atoms with Gasteiger partial charge in [-0.05, 0) is 61.2 Å². The molecule has 3 amide bonds. The van der Waals surface area contributed by atoms with Gasteiger partial charge in [-0.15, -0.1) is 0 Å². The molecule has 3 fully saturated rings. The summed E-state index contributed by atoms with van der Waals surface area (Å²) in [5.74, 6) is -0.157. The molecule has 3 aliphatic rings. The second kappa shape index (κ2) is 8.06. The lowest BCUT2D eigenvalue weighted by molar-refractivity contribution is -0.139. The van der Waals surface area contributed by atoms with Crippen LogP contribution < -0.4 is 10.2 Å². The van der Waals surface area contributed by atoms with Crippen molar-refractivity contribution in [1.82, 2.24) is 20.0 Å². The predicted molar refractivity (Wildman–Crippen MR) is 124 cm³/mol. The molecule has 3 saturated heterocycles. The number of rotatable bonds is 3.